The van der Waals surface area contributed by atoms with Crippen molar-refractivity contribution < 1.29 is 0 Å². The zero-order valence-electron chi connectivity index (χ0n) is 12.6. The monoisotopic (exact) mass is 295 g/mol. The number of fused-ring (bicyclic) bond motifs is 1. The van der Waals surface area contributed by atoms with Gasteiger partial charge in [-0.1, -0.05) is 55.0 Å². The first-order chi connectivity index (χ1) is 10.3. The molecule has 0 radical (unpaired) electrons. The number of hydrogen-bond acceptors (Lipinski definition) is 2. The van der Waals surface area contributed by atoms with Crippen molar-refractivity contribution in [3.05, 3.63) is 70.6 Å². The van der Waals surface area contributed by atoms with Crippen molar-refractivity contribution >= 4 is 21.4 Å². The van der Waals surface area contributed by atoms with E-state index < -0.39 is 0 Å². The Kier molecular flexibility index (Phi) is 4.37. The zero-order valence-corrected chi connectivity index (χ0v) is 13.4. The first kappa shape index (κ1) is 14.3. The minimum absolute atomic E-state index is 0.382. The number of benzene rings is 2. The number of nitrogens with one attached hydrogen (secondary N) is 1. The number of aryl methyl sites for hydroxylation is 1. The lowest BCUT2D eigenvalue weighted by molar-refractivity contribution is 0.551. The molecule has 1 unspecified atom stereocenters. The summed E-state index contributed by atoms with van der Waals surface area (Å²) in [6.45, 7) is 5.32. The van der Waals surface area contributed by atoms with Gasteiger partial charge in [0.1, 0.15) is 0 Å². The average molecular weight is 295 g/mol. The van der Waals surface area contributed by atoms with E-state index in [0.29, 0.717) is 6.04 Å². The van der Waals surface area contributed by atoms with Gasteiger partial charge in [-0.3, -0.25) is 0 Å². The second-order valence-electron chi connectivity index (χ2n) is 5.49. The van der Waals surface area contributed by atoms with Crippen molar-refractivity contribution in [2.45, 2.75) is 26.3 Å². The van der Waals surface area contributed by atoms with Crippen LogP contribution < -0.4 is 5.32 Å². The van der Waals surface area contributed by atoms with Crippen molar-refractivity contribution in [1.29, 1.82) is 0 Å². The summed E-state index contributed by atoms with van der Waals surface area (Å²) in [7, 11) is 0. The van der Waals surface area contributed by atoms with Gasteiger partial charge in [0.05, 0.1) is 0 Å². The van der Waals surface area contributed by atoms with Crippen LogP contribution in [0.3, 0.4) is 0 Å². The molecule has 1 nitrogen and oxygen atoms in total. The molecule has 1 heterocycles. The molecule has 1 atom stereocenters. The van der Waals surface area contributed by atoms with E-state index in [0.717, 1.165) is 13.0 Å². The largest absolute Gasteiger partial charge is 0.310 e. The van der Waals surface area contributed by atoms with Gasteiger partial charge in [0.2, 0.25) is 0 Å². The molecule has 0 saturated heterocycles. The smallest absolute Gasteiger partial charge is 0.0361 e. The molecule has 3 rings (SSSR count). The number of likely N-dealkylation sites (N-methyl/N-ethyl adjacent to an activating group) is 1. The van der Waals surface area contributed by atoms with E-state index in [1.165, 1.54) is 26.8 Å². The van der Waals surface area contributed by atoms with E-state index in [-0.39, 0.29) is 0 Å². The van der Waals surface area contributed by atoms with E-state index in [1.807, 2.05) is 11.3 Å². The molecule has 1 N–H and O–H groups in total. The van der Waals surface area contributed by atoms with Gasteiger partial charge in [-0.15, -0.1) is 11.3 Å². The van der Waals surface area contributed by atoms with Gasteiger partial charge in [0, 0.05) is 10.7 Å². The quantitative estimate of drug-likeness (QED) is 0.690. The molecule has 2 aromatic carbocycles. The van der Waals surface area contributed by atoms with Crippen molar-refractivity contribution in [2.24, 2.45) is 0 Å². The van der Waals surface area contributed by atoms with Crippen LogP contribution in [0.2, 0.25) is 0 Å². The second-order valence-corrected chi connectivity index (χ2v) is 6.40. The number of rotatable bonds is 5. The van der Waals surface area contributed by atoms with E-state index in [2.05, 4.69) is 73.1 Å². The first-order valence-corrected chi connectivity index (χ1v) is 8.41. The summed E-state index contributed by atoms with van der Waals surface area (Å²) in [4.78, 5) is 0. The maximum absolute atomic E-state index is 3.63. The highest BCUT2D eigenvalue weighted by Gasteiger charge is 2.14. The summed E-state index contributed by atoms with van der Waals surface area (Å²) >= 11 is 1.84. The molecule has 0 amide bonds. The van der Waals surface area contributed by atoms with Crippen LogP contribution in [-0.2, 0) is 6.42 Å². The third-order valence-corrected chi connectivity index (χ3v) is 4.89. The highest BCUT2D eigenvalue weighted by atomic mass is 32.1. The fraction of sp³-hybridized carbons (Fsp3) is 0.263. The molecular formula is C19H21NS. The minimum atomic E-state index is 0.382. The van der Waals surface area contributed by atoms with E-state index in [1.54, 1.807) is 0 Å². The van der Waals surface area contributed by atoms with Crippen LogP contribution in [0.1, 0.15) is 29.7 Å². The highest BCUT2D eigenvalue weighted by molar-refractivity contribution is 7.17. The Morgan fingerprint density at radius 1 is 1.10 bits per heavy atom. The summed E-state index contributed by atoms with van der Waals surface area (Å²) in [5.41, 5.74) is 4.15. The van der Waals surface area contributed by atoms with Gasteiger partial charge in [0.25, 0.3) is 0 Å². The molecule has 0 bridgehead atoms. The third kappa shape index (κ3) is 3.17. The van der Waals surface area contributed by atoms with Gasteiger partial charge >= 0.3 is 0 Å². The molecule has 0 aliphatic heterocycles. The number of hydrogen-bond donors (Lipinski definition) is 1. The fourth-order valence-corrected chi connectivity index (χ4v) is 3.83. The fourth-order valence-electron chi connectivity index (χ4n) is 2.85. The van der Waals surface area contributed by atoms with Crippen LogP contribution in [-0.4, -0.2) is 6.54 Å². The van der Waals surface area contributed by atoms with Crippen LogP contribution in [0.5, 0.6) is 0 Å². The van der Waals surface area contributed by atoms with Gasteiger partial charge in [-0.2, -0.15) is 0 Å². The molecular weight excluding hydrogens is 274 g/mol. The maximum Gasteiger partial charge on any atom is 0.0361 e. The Hall–Kier alpha value is -1.64. The summed E-state index contributed by atoms with van der Waals surface area (Å²) in [6.07, 6.45) is 1.04. The Morgan fingerprint density at radius 2 is 1.95 bits per heavy atom. The highest BCUT2D eigenvalue weighted by Crippen LogP contribution is 2.29. The van der Waals surface area contributed by atoms with Crippen LogP contribution >= 0.6 is 11.3 Å². The second kappa shape index (κ2) is 6.42. The SMILES string of the molecule is CCNC(Cc1csc2ccccc12)c1cccc(C)c1. The molecule has 0 saturated carbocycles. The van der Waals surface area contributed by atoms with Gasteiger partial charge < -0.3 is 5.32 Å². The number of thiophene rings is 1. The minimum Gasteiger partial charge on any atom is -0.310 e. The summed E-state index contributed by atoms with van der Waals surface area (Å²) in [6, 6.07) is 17.9. The van der Waals surface area contributed by atoms with Crippen LogP contribution in [0.4, 0.5) is 0 Å². The van der Waals surface area contributed by atoms with Crippen LogP contribution in [0, 0.1) is 6.92 Å². The van der Waals surface area contributed by atoms with Gasteiger partial charge in [0.15, 0.2) is 0 Å². The Morgan fingerprint density at radius 3 is 2.76 bits per heavy atom. The summed E-state index contributed by atoms with van der Waals surface area (Å²) in [5, 5.41) is 7.35. The molecule has 108 valence electrons. The molecule has 2 heteroatoms. The Labute approximate surface area is 130 Å². The molecule has 0 fully saturated rings. The molecule has 0 aliphatic carbocycles. The van der Waals surface area contributed by atoms with E-state index in [9.17, 15) is 0 Å². The van der Waals surface area contributed by atoms with E-state index >= 15 is 0 Å². The van der Waals surface area contributed by atoms with Gasteiger partial charge in [-0.25, -0.2) is 0 Å². The first-order valence-electron chi connectivity index (χ1n) is 7.53. The van der Waals surface area contributed by atoms with Crippen LogP contribution in [0.25, 0.3) is 10.1 Å². The Bertz CT molecular complexity index is 729. The predicted octanol–water partition coefficient (Wildman–Crippen LogP) is 5.10. The van der Waals surface area contributed by atoms with Crippen molar-refractivity contribution in [1.82, 2.24) is 5.32 Å². The van der Waals surface area contributed by atoms with Crippen LogP contribution in [0.15, 0.2) is 53.9 Å². The molecule has 1 aromatic heterocycles. The average Bonchev–Trinajstić information content (AvgIpc) is 2.90. The Balaban J connectivity index is 1.92. The third-order valence-electron chi connectivity index (χ3n) is 3.88. The molecule has 0 aliphatic rings. The van der Waals surface area contributed by atoms with E-state index in [4.69, 9.17) is 0 Å². The summed E-state index contributed by atoms with van der Waals surface area (Å²) in [5.74, 6) is 0. The predicted molar refractivity (Wildman–Crippen MR) is 93.1 cm³/mol. The zero-order chi connectivity index (χ0) is 14.7. The lowest BCUT2D eigenvalue weighted by Crippen LogP contribution is -2.22. The van der Waals surface area contributed by atoms with Crippen molar-refractivity contribution in [3.8, 4) is 0 Å². The molecule has 0 spiro atoms. The maximum atomic E-state index is 3.63. The topological polar surface area (TPSA) is 12.0 Å². The normalized spacial score (nSPS) is 12.7. The lowest BCUT2D eigenvalue weighted by Gasteiger charge is -2.18. The molecule has 3 aromatic rings. The van der Waals surface area contributed by atoms with Gasteiger partial charge in [-0.05, 0) is 47.8 Å². The molecule has 21 heavy (non-hydrogen) atoms. The van der Waals surface area contributed by atoms with Crippen molar-refractivity contribution in [2.75, 3.05) is 6.54 Å². The van der Waals surface area contributed by atoms with Crippen molar-refractivity contribution in [3.63, 3.8) is 0 Å². The standard InChI is InChI=1S/C19H21NS/c1-3-20-18(15-8-6-7-14(2)11-15)12-16-13-21-19-10-5-4-9-17(16)19/h4-11,13,18,20H,3,12H2,1-2H3. The lowest BCUT2D eigenvalue weighted by atomic mass is 9.97. The summed E-state index contributed by atoms with van der Waals surface area (Å²) < 4.78 is 1.38.